The third kappa shape index (κ3) is 7.05. The van der Waals surface area contributed by atoms with E-state index >= 15 is 0 Å². The molecule has 4 aromatic rings. The van der Waals surface area contributed by atoms with Crippen LogP contribution in [0.15, 0.2) is 90.0 Å². The minimum absolute atomic E-state index is 0.258. The molecule has 4 rings (SSSR count). The maximum Gasteiger partial charge on any atom is 0.260 e. The van der Waals surface area contributed by atoms with E-state index in [0.717, 1.165) is 32.5 Å². The molecular weight excluding hydrogens is 518 g/mol. The molecule has 0 unspecified atom stereocenters. The second-order valence-electron chi connectivity index (χ2n) is 8.60. The number of anilines is 1. The number of methoxy groups -OCH3 is 2. The average Bonchev–Trinajstić information content (AvgIpc) is 2.94. The topological polar surface area (TPSA) is 107 Å². The molecule has 0 radical (unpaired) electrons. The van der Waals surface area contributed by atoms with Crippen LogP contribution < -0.4 is 23.9 Å². The molecule has 0 aromatic heterocycles. The largest absolute Gasteiger partial charge is 0.493 e. The Hall–Kier alpha value is -4.57. The molecular formula is C29H29N3O6S. The molecule has 0 heterocycles. The van der Waals surface area contributed by atoms with E-state index < -0.39 is 22.5 Å². The molecule has 1 N–H and O–H groups in total. The highest BCUT2D eigenvalue weighted by molar-refractivity contribution is 7.92. The van der Waals surface area contributed by atoms with Crippen LogP contribution in [0.4, 0.5) is 5.69 Å². The Labute approximate surface area is 227 Å². The highest BCUT2D eigenvalue weighted by Gasteiger charge is 2.22. The van der Waals surface area contributed by atoms with Gasteiger partial charge in [0.05, 0.1) is 32.4 Å². The fraction of sp³-hybridized carbons (Fsp3) is 0.172. The summed E-state index contributed by atoms with van der Waals surface area (Å²) in [5.41, 5.74) is 4.45. The normalized spacial score (nSPS) is 11.4. The Bertz CT molecular complexity index is 1580. The standard InChI is InChI=1S/C29H29N3O6S/c1-36-27-16-13-24(17-28(27)37-2)32(39(3,34)35)19-29(33)31-30-18-21-11-14-25(15-12-21)38-20-23-9-6-8-22-7-4-5-10-26(22)23/h4-18H,19-20H2,1-3H3,(H,31,33)/b30-18-. The summed E-state index contributed by atoms with van der Waals surface area (Å²) >= 11 is 0. The zero-order valence-electron chi connectivity index (χ0n) is 21.8. The van der Waals surface area contributed by atoms with Crippen LogP contribution in [-0.4, -0.2) is 47.6 Å². The number of hydrogen-bond donors (Lipinski definition) is 1. The number of ether oxygens (including phenoxy) is 3. The number of hydrogen-bond acceptors (Lipinski definition) is 7. The predicted molar refractivity (Wildman–Crippen MR) is 152 cm³/mol. The summed E-state index contributed by atoms with van der Waals surface area (Å²) < 4.78 is 42.1. The van der Waals surface area contributed by atoms with Crippen LogP contribution in [0, 0.1) is 0 Å². The molecule has 0 aliphatic rings. The van der Waals surface area contributed by atoms with Crippen LogP contribution in [0.3, 0.4) is 0 Å². The molecule has 0 saturated heterocycles. The molecule has 0 fully saturated rings. The third-order valence-corrected chi connectivity index (χ3v) is 7.04. The van der Waals surface area contributed by atoms with Crippen LogP contribution in [-0.2, 0) is 21.4 Å². The minimum Gasteiger partial charge on any atom is -0.493 e. The lowest BCUT2D eigenvalue weighted by atomic mass is 10.1. The fourth-order valence-corrected chi connectivity index (χ4v) is 4.80. The van der Waals surface area contributed by atoms with Crippen LogP contribution in [0.5, 0.6) is 17.2 Å². The van der Waals surface area contributed by atoms with Gasteiger partial charge in [-0.2, -0.15) is 5.10 Å². The second-order valence-corrected chi connectivity index (χ2v) is 10.5. The van der Waals surface area contributed by atoms with Crippen LogP contribution >= 0.6 is 0 Å². The first kappa shape index (κ1) is 27.5. The molecule has 0 saturated carbocycles. The zero-order chi connectivity index (χ0) is 27.8. The van der Waals surface area contributed by atoms with Crippen molar-refractivity contribution in [3.05, 3.63) is 96.1 Å². The van der Waals surface area contributed by atoms with Crippen LogP contribution in [0.1, 0.15) is 11.1 Å². The van der Waals surface area contributed by atoms with Gasteiger partial charge in [-0.25, -0.2) is 13.8 Å². The van der Waals surface area contributed by atoms with Crippen LogP contribution in [0.25, 0.3) is 10.8 Å². The number of benzene rings is 4. The lowest BCUT2D eigenvalue weighted by molar-refractivity contribution is -0.119. The fourth-order valence-electron chi connectivity index (χ4n) is 3.95. The molecule has 4 aromatic carbocycles. The molecule has 10 heteroatoms. The zero-order valence-corrected chi connectivity index (χ0v) is 22.6. The first-order valence-electron chi connectivity index (χ1n) is 12.0. The van der Waals surface area contributed by atoms with Gasteiger partial charge >= 0.3 is 0 Å². The van der Waals surface area contributed by atoms with E-state index in [2.05, 4.69) is 28.7 Å². The lowest BCUT2D eigenvalue weighted by Gasteiger charge is -2.22. The van der Waals surface area contributed by atoms with E-state index in [0.29, 0.717) is 23.9 Å². The Balaban J connectivity index is 1.35. The van der Waals surface area contributed by atoms with Gasteiger partial charge in [0.15, 0.2) is 11.5 Å². The first-order valence-corrected chi connectivity index (χ1v) is 13.8. The van der Waals surface area contributed by atoms with Crippen molar-refractivity contribution in [2.75, 3.05) is 31.3 Å². The van der Waals surface area contributed by atoms with E-state index in [1.165, 1.54) is 32.6 Å². The van der Waals surface area contributed by atoms with Crippen LogP contribution in [0.2, 0.25) is 0 Å². The number of carbonyl (C=O) groups is 1. The second kappa shape index (κ2) is 12.3. The quantitative estimate of drug-likeness (QED) is 0.221. The smallest absolute Gasteiger partial charge is 0.260 e. The van der Waals surface area contributed by atoms with Gasteiger partial charge in [0.1, 0.15) is 18.9 Å². The van der Waals surface area contributed by atoms with Crippen molar-refractivity contribution in [2.45, 2.75) is 6.61 Å². The highest BCUT2D eigenvalue weighted by Crippen LogP contribution is 2.32. The molecule has 0 bridgehead atoms. The van der Waals surface area contributed by atoms with Gasteiger partial charge in [-0.05, 0) is 58.3 Å². The van der Waals surface area contributed by atoms with E-state index in [-0.39, 0.29) is 5.69 Å². The number of amides is 1. The Kier molecular flexibility index (Phi) is 8.67. The number of nitrogens with one attached hydrogen (secondary N) is 1. The van der Waals surface area contributed by atoms with Gasteiger partial charge in [0.25, 0.3) is 5.91 Å². The summed E-state index contributed by atoms with van der Waals surface area (Å²) in [5, 5.41) is 6.27. The van der Waals surface area contributed by atoms with Gasteiger partial charge < -0.3 is 14.2 Å². The van der Waals surface area contributed by atoms with E-state index in [9.17, 15) is 13.2 Å². The van der Waals surface area contributed by atoms with E-state index in [1.54, 1.807) is 18.2 Å². The SMILES string of the molecule is COc1ccc(N(CC(=O)N/N=C\c2ccc(OCc3cccc4ccccc34)cc2)S(C)(=O)=O)cc1OC. The molecule has 0 aliphatic heterocycles. The molecule has 0 aliphatic carbocycles. The number of fused-ring (bicyclic) bond motifs is 1. The molecule has 1 amide bonds. The Morgan fingerprint density at radius 1 is 0.923 bits per heavy atom. The van der Waals surface area contributed by atoms with Gasteiger partial charge in [0.2, 0.25) is 10.0 Å². The maximum absolute atomic E-state index is 12.5. The summed E-state index contributed by atoms with van der Waals surface area (Å²) in [7, 11) is -0.849. The predicted octanol–water partition coefficient (Wildman–Crippen LogP) is 4.35. The number of carbonyl (C=O) groups excluding carboxylic acids is 1. The highest BCUT2D eigenvalue weighted by atomic mass is 32.2. The number of rotatable bonds is 11. The summed E-state index contributed by atoms with van der Waals surface area (Å²) in [6, 6.07) is 26.1. The summed E-state index contributed by atoms with van der Waals surface area (Å²) in [4.78, 5) is 12.5. The first-order chi connectivity index (χ1) is 18.8. The van der Waals surface area contributed by atoms with Crippen molar-refractivity contribution in [1.29, 1.82) is 0 Å². The molecule has 39 heavy (non-hydrogen) atoms. The molecule has 0 atom stereocenters. The van der Waals surface area contributed by atoms with Gasteiger partial charge in [-0.1, -0.05) is 42.5 Å². The number of hydrazone groups is 1. The van der Waals surface area contributed by atoms with Gasteiger partial charge in [0, 0.05) is 6.07 Å². The monoisotopic (exact) mass is 547 g/mol. The average molecular weight is 548 g/mol. The summed E-state index contributed by atoms with van der Waals surface area (Å²) in [5.74, 6) is 0.865. The van der Waals surface area contributed by atoms with Crippen molar-refractivity contribution in [2.24, 2.45) is 5.10 Å². The number of sulfonamides is 1. The van der Waals surface area contributed by atoms with Crippen molar-refractivity contribution < 1.29 is 27.4 Å². The third-order valence-electron chi connectivity index (χ3n) is 5.90. The van der Waals surface area contributed by atoms with Gasteiger partial charge in [-0.3, -0.25) is 9.10 Å². The summed E-state index contributed by atoms with van der Waals surface area (Å²) in [6.07, 6.45) is 2.48. The van der Waals surface area contributed by atoms with Crippen molar-refractivity contribution in [1.82, 2.24) is 5.43 Å². The van der Waals surface area contributed by atoms with E-state index in [4.69, 9.17) is 14.2 Å². The summed E-state index contributed by atoms with van der Waals surface area (Å²) in [6.45, 7) is -0.0334. The lowest BCUT2D eigenvalue weighted by Crippen LogP contribution is -2.39. The molecule has 9 nitrogen and oxygen atoms in total. The molecule has 202 valence electrons. The molecule has 0 spiro atoms. The van der Waals surface area contributed by atoms with Gasteiger partial charge in [-0.15, -0.1) is 0 Å². The van der Waals surface area contributed by atoms with Crippen molar-refractivity contribution in [3.8, 4) is 17.2 Å². The van der Waals surface area contributed by atoms with Crippen molar-refractivity contribution in [3.63, 3.8) is 0 Å². The maximum atomic E-state index is 12.5. The van der Waals surface area contributed by atoms with Crippen molar-refractivity contribution >= 4 is 38.6 Å². The Morgan fingerprint density at radius 3 is 2.36 bits per heavy atom. The minimum atomic E-state index is -3.77. The van der Waals surface area contributed by atoms with E-state index in [1.807, 2.05) is 36.4 Å². The number of nitrogens with zero attached hydrogens (tertiary/aromatic N) is 2. The Morgan fingerprint density at radius 2 is 1.64 bits per heavy atom.